The molecule has 3 heterocycles. The van der Waals surface area contributed by atoms with E-state index in [1.165, 1.54) is 0 Å². The Balaban J connectivity index is 1.68. The van der Waals surface area contributed by atoms with E-state index >= 15 is 0 Å². The van der Waals surface area contributed by atoms with E-state index in [2.05, 4.69) is 27.2 Å². The molecule has 1 aliphatic heterocycles. The molecule has 136 valence electrons. The average Bonchev–Trinajstić information content (AvgIpc) is 2.71. The fourth-order valence-electron chi connectivity index (χ4n) is 2.87. The molecule has 0 atom stereocenters. The maximum atomic E-state index is 11.9. The summed E-state index contributed by atoms with van der Waals surface area (Å²) in [4.78, 5) is 26.7. The van der Waals surface area contributed by atoms with Gasteiger partial charge in [-0.3, -0.25) is 9.78 Å². The number of likely N-dealkylation sites (N-methyl/N-ethyl adjacent to an activating group) is 1. The van der Waals surface area contributed by atoms with Gasteiger partial charge in [-0.2, -0.15) is 0 Å². The minimum atomic E-state index is -0.0741. The molecule has 0 radical (unpaired) electrons. The van der Waals surface area contributed by atoms with Crippen molar-refractivity contribution in [1.29, 1.82) is 0 Å². The lowest BCUT2D eigenvalue weighted by atomic mass is 10.2. The summed E-state index contributed by atoms with van der Waals surface area (Å²) in [6.45, 7) is 2.12. The zero-order valence-electron chi connectivity index (χ0n) is 15.1. The molecular weight excluding hydrogens is 342 g/mol. The number of benzene rings is 1. The van der Waals surface area contributed by atoms with Gasteiger partial charge in [0.2, 0.25) is 0 Å². The van der Waals surface area contributed by atoms with Crippen LogP contribution in [0.1, 0.15) is 12.6 Å². The van der Waals surface area contributed by atoms with E-state index in [0.717, 1.165) is 29.1 Å². The van der Waals surface area contributed by atoms with Crippen LogP contribution in [-0.2, 0) is 11.2 Å². The lowest BCUT2D eigenvalue weighted by Gasteiger charge is -2.26. The van der Waals surface area contributed by atoms with Crippen LogP contribution in [0.15, 0.2) is 48.8 Å². The van der Waals surface area contributed by atoms with Crippen LogP contribution in [0.2, 0.25) is 0 Å². The Morgan fingerprint density at radius 2 is 1.96 bits per heavy atom. The number of rotatable bonds is 4. The lowest BCUT2D eigenvalue weighted by molar-refractivity contribution is -0.120. The minimum absolute atomic E-state index is 0.0668. The molecule has 0 saturated heterocycles. The number of hydrogen-bond donors (Lipinski definition) is 1. The number of anilines is 3. The standard InChI is InChI=1S/C20H19N5O2/c1-3-14-11-18(24-20(23-14)13-6-8-21-9-7-13)22-15-4-5-17-16(10-15)25(2)19(26)12-27-17/h4-11H,3,12H2,1-2H3,(H,22,23,24). The molecule has 4 rings (SSSR count). The monoisotopic (exact) mass is 361 g/mol. The number of pyridine rings is 1. The number of nitrogens with one attached hydrogen (secondary N) is 1. The number of nitrogens with zero attached hydrogens (tertiary/aromatic N) is 4. The van der Waals surface area contributed by atoms with Crippen molar-refractivity contribution in [1.82, 2.24) is 15.0 Å². The zero-order chi connectivity index (χ0) is 18.8. The molecule has 0 saturated carbocycles. The van der Waals surface area contributed by atoms with Crippen LogP contribution in [0.5, 0.6) is 5.75 Å². The first kappa shape index (κ1) is 17.0. The summed E-state index contributed by atoms with van der Waals surface area (Å²) in [6.07, 6.45) is 4.24. The Morgan fingerprint density at radius 1 is 1.15 bits per heavy atom. The second-order valence-corrected chi connectivity index (χ2v) is 6.21. The highest BCUT2D eigenvalue weighted by molar-refractivity contribution is 5.98. The predicted molar refractivity (Wildman–Crippen MR) is 103 cm³/mol. The molecule has 2 aromatic heterocycles. The van der Waals surface area contributed by atoms with Crippen molar-refractivity contribution in [3.63, 3.8) is 0 Å². The summed E-state index contributed by atoms with van der Waals surface area (Å²) in [7, 11) is 1.74. The molecule has 0 fully saturated rings. The van der Waals surface area contributed by atoms with Crippen LogP contribution in [0.4, 0.5) is 17.2 Å². The molecule has 1 aromatic carbocycles. The van der Waals surface area contributed by atoms with Gasteiger partial charge in [-0.25, -0.2) is 9.97 Å². The van der Waals surface area contributed by atoms with Gasteiger partial charge >= 0.3 is 0 Å². The van der Waals surface area contributed by atoms with E-state index in [9.17, 15) is 4.79 Å². The van der Waals surface area contributed by atoms with Crippen molar-refractivity contribution in [2.45, 2.75) is 13.3 Å². The lowest BCUT2D eigenvalue weighted by Crippen LogP contribution is -2.35. The van der Waals surface area contributed by atoms with Crippen LogP contribution in [-0.4, -0.2) is 34.5 Å². The molecule has 0 aliphatic carbocycles. The van der Waals surface area contributed by atoms with Gasteiger partial charge in [0.15, 0.2) is 12.4 Å². The highest BCUT2D eigenvalue weighted by Crippen LogP contribution is 2.34. The molecule has 0 unspecified atom stereocenters. The first-order valence-corrected chi connectivity index (χ1v) is 8.73. The Hall–Kier alpha value is -3.48. The first-order chi connectivity index (χ1) is 13.1. The highest BCUT2D eigenvalue weighted by Gasteiger charge is 2.22. The third-order valence-corrected chi connectivity index (χ3v) is 4.40. The number of aryl methyl sites for hydroxylation is 1. The van der Waals surface area contributed by atoms with Crippen molar-refractivity contribution in [2.75, 3.05) is 23.9 Å². The van der Waals surface area contributed by atoms with Crippen molar-refractivity contribution in [3.05, 3.63) is 54.5 Å². The SMILES string of the molecule is CCc1cc(Nc2ccc3c(c2)N(C)C(=O)CO3)nc(-c2ccncc2)n1. The van der Waals surface area contributed by atoms with E-state index < -0.39 is 0 Å². The fourth-order valence-corrected chi connectivity index (χ4v) is 2.87. The first-order valence-electron chi connectivity index (χ1n) is 8.73. The predicted octanol–water partition coefficient (Wildman–Crippen LogP) is 3.20. The smallest absolute Gasteiger partial charge is 0.264 e. The molecule has 3 aromatic rings. The quantitative estimate of drug-likeness (QED) is 0.769. The summed E-state index contributed by atoms with van der Waals surface area (Å²) in [5.74, 6) is 1.96. The van der Waals surface area contributed by atoms with Gasteiger partial charge in [-0.15, -0.1) is 0 Å². The van der Waals surface area contributed by atoms with Crippen LogP contribution in [0, 0.1) is 0 Å². The van der Waals surface area contributed by atoms with E-state index in [4.69, 9.17) is 4.74 Å². The van der Waals surface area contributed by atoms with E-state index in [-0.39, 0.29) is 12.5 Å². The van der Waals surface area contributed by atoms with Crippen LogP contribution in [0.25, 0.3) is 11.4 Å². The third-order valence-electron chi connectivity index (χ3n) is 4.40. The highest BCUT2D eigenvalue weighted by atomic mass is 16.5. The fraction of sp³-hybridized carbons (Fsp3) is 0.200. The number of aromatic nitrogens is 3. The molecule has 7 nitrogen and oxygen atoms in total. The molecule has 1 N–H and O–H groups in total. The largest absolute Gasteiger partial charge is 0.482 e. The molecule has 7 heteroatoms. The van der Waals surface area contributed by atoms with E-state index in [1.807, 2.05) is 36.4 Å². The summed E-state index contributed by atoms with van der Waals surface area (Å²) in [5.41, 5.74) is 3.40. The molecular formula is C20H19N5O2. The maximum absolute atomic E-state index is 11.9. The van der Waals surface area contributed by atoms with Crippen molar-refractivity contribution in [3.8, 4) is 17.1 Å². The van der Waals surface area contributed by atoms with Gasteiger partial charge in [0.25, 0.3) is 5.91 Å². The number of carbonyl (C=O) groups excluding carboxylic acids is 1. The minimum Gasteiger partial charge on any atom is -0.482 e. The van der Waals surface area contributed by atoms with E-state index in [1.54, 1.807) is 24.3 Å². The number of hydrogen-bond acceptors (Lipinski definition) is 6. The molecule has 27 heavy (non-hydrogen) atoms. The van der Waals surface area contributed by atoms with Crippen molar-refractivity contribution >= 4 is 23.1 Å². The summed E-state index contributed by atoms with van der Waals surface area (Å²) < 4.78 is 5.47. The van der Waals surface area contributed by atoms with Gasteiger partial charge in [0.1, 0.15) is 11.6 Å². The normalized spacial score (nSPS) is 13.1. The molecule has 1 amide bonds. The number of amides is 1. The second kappa shape index (κ2) is 7.03. The maximum Gasteiger partial charge on any atom is 0.264 e. The Kier molecular flexibility index (Phi) is 4.42. The topological polar surface area (TPSA) is 80.2 Å². The van der Waals surface area contributed by atoms with Gasteiger partial charge < -0.3 is 15.0 Å². The summed E-state index contributed by atoms with van der Waals surface area (Å²) >= 11 is 0. The van der Waals surface area contributed by atoms with Crippen molar-refractivity contribution < 1.29 is 9.53 Å². The number of carbonyl (C=O) groups is 1. The van der Waals surface area contributed by atoms with Crippen LogP contribution < -0.4 is 15.0 Å². The Labute approximate surface area is 157 Å². The Bertz CT molecular complexity index is 991. The molecule has 0 spiro atoms. The van der Waals surface area contributed by atoms with Gasteiger partial charge in [-0.1, -0.05) is 6.92 Å². The van der Waals surface area contributed by atoms with Crippen LogP contribution in [0.3, 0.4) is 0 Å². The van der Waals surface area contributed by atoms with Gasteiger partial charge in [-0.05, 0) is 36.8 Å². The Morgan fingerprint density at radius 3 is 2.74 bits per heavy atom. The van der Waals surface area contributed by atoms with Gasteiger partial charge in [0.05, 0.1) is 5.69 Å². The molecule has 0 bridgehead atoms. The number of ether oxygens (including phenoxy) is 1. The number of fused-ring (bicyclic) bond motifs is 1. The summed E-state index contributed by atoms with van der Waals surface area (Å²) in [6, 6.07) is 11.3. The van der Waals surface area contributed by atoms with Crippen molar-refractivity contribution in [2.24, 2.45) is 0 Å². The van der Waals surface area contributed by atoms with E-state index in [0.29, 0.717) is 17.4 Å². The zero-order valence-corrected chi connectivity index (χ0v) is 15.1. The van der Waals surface area contributed by atoms with Gasteiger partial charge in [0, 0.05) is 42.5 Å². The summed E-state index contributed by atoms with van der Waals surface area (Å²) in [5, 5.41) is 3.31. The molecule has 1 aliphatic rings. The van der Waals surface area contributed by atoms with Crippen LogP contribution >= 0.6 is 0 Å². The average molecular weight is 361 g/mol. The second-order valence-electron chi connectivity index (χ2n) is 6.21. The third kappa shape index (κ3) is 3.44.